The molecule has 0 aliphatic heterocycles. The number of hydrogen-bond acceptors (Lipinski definition) is 4. The summed E-state index contributed by atoms with van der Waals surface area (Å²) >= 11 is 7.71. The maximum atomic E-state index is 11.3. The number of allylic oxidation sites excluding steroid dienone is 2. The van der Waals surface area contributed by atoms with E-state index in [1.165, 1.54) is 6.08 Å². The minimum atomic E-state index is 0.0187. The Labute approximate surface area is 122 Å². The van der Waals surface area contributed by atoms with Crippen LogP contribution in [0.3, 0.4) is 0 Å². The molecule has 1 heterocycles. The van der Waals surface area contributed by atoms with Crippen molar-refractivity contribution in [1.82, 2.24) is 4.98 Å². The van der Waals surface area contributed by atoms with Gasteiger partial charge in [0.15, 0.2) is 5.78 Å². The van der Waals surface area contributed by atoms with Crippen LogP contribution in [0.4, 0.5) is 0 Å². The van der Waals surface area contributed by atoms with Crippen LogP contribution in [0.2, 0.25) is 5.02 Å². The Balaban J connectivity index is 1.84. The van der Waals surface area contributed by atoms with Crippen LogP contribution in [0, 0.1) is 12.8 Å². The molecule has 0 saturated heterocycles. The molecule has 0 spiro atoms. The van der Waals surface area contributed by atoms with Gasteiger partial charge in [0.25, 0.3) is 0 Å². The first-order chi connectivity index (χ1) is 9.04. The SMILES string of the molecule is Cc1cnc(SCCC2CC(=O)C=C(O)C2)c(Cl)c1. The van der Waals surface area contributed by atoms with Crippen molar-refractivity contribution in [2.24, 2.45) is 5.92 Å². The van der Waals surface area contributed by atoms with E-state index in [0.29, 0.717) is 17.9 Å². The van der Waals surface area contributed by atoms with E-state index in [4.69, 9.17) is 11.6 Å². The van der Waals surface area contributed by atoms with Gasteiger partial charge in [0.05, 0.1) is 10.8 Å². The van der Waals surface area contributed by atoms with Gasteiger partial charge >= 0.3 is 0 Å². The molecule has 1 aliphatic carbocycles. The van der Waals surface area contributed by atoms with Crippen LogP contribution >= 0.6 is 23.4 Å². The van der Waals surface area contributed by atoms with Gasteiger partial charge in [-0.25, -0.2) is 4.98 Å². The Kier molecular flexibility index (Phi) is 4.88. The highest BCUT2D eigenvalue weighted by Crippen LogP contribution is 2.29. The molecule has 0 radical (unpaired) electrons. The van der Waals surface area contributed by atoms with Gasteiger partial charge in [-0.3, -0.25) is 4.79 Å². The summed E-state index contributed by atoms with van der Waals surface area (Å²) in [5.41, 5.74) is 1.04. The quantitative estimate of drug-likeness (QED) is 0.855. The van der Waals surface area contributed by atoms with E-state index < -0.39 is 0 Å². The fourth-order valence-electron chi connectivity index (χ4n) is 2.11. The second kappa shape index (κ2) is 6.44. The zero-order valence-corrected chi connectivity index (χ0v) is 12.3. The van der Waals surface area contributed by atoms with Gasteiger partial charge in [-0.05, 0) is 36.6 Å². The maximum Gasteiger partial charge on any atom is 0.159 e. The van der Waals surface area contributed by atoms with E-state index in [2.05, 4.69) is 4.98 Å². The van der Waals surface area contributed by atoms with Gasteiger partial charge in [0.1, 0.15) is 5.03 Å². The smallest absolute Gasteiger partial charge is 0.159 e. The van der Waals surface area contributed by atoms with Crippen molar-refractivity contribution in [2.45, 2.75) is 31.2 Å². The van der Waals surface area contributed by atoms with Crippen LogP contribution in [-0.4, -0.2) is 21.6 Å². The van der Waals surface area contributed by atoms with Gasteiger partial charge in [-0.2, -0.15) is 0 Å². The minimum Gasteiger partial charge on any atom is -0.512 e. The van der Waals surface area contributed by atoms with Gasteiger partial charge in [-0.15, -0.1) is 11.8 Å². The largest absolute Gasteiger partial charge is 0.512 e. The fraction of sp³-hybridized carbons (Fsp3) is 0.429. The van der Waals surface area contributed by atoms with E-state index in [1.54, 1.807) is 18.0 Å². The number of aromatic nitrogens is 1. The predicted octanol–water partition coefficient (Wildman–Crippen LogP) is 3.95. The molecule has 5 heteroatoms. The molecule has 2 rings (SSSR count). The summed E-state index contributed by atoms with van der Waals surface area (Å²) in [7, 11) is 0. The van der Waals surface area contributed by atoms with Crippen molar-refractivity contribution >= 4 is 29.1 Å². The fourth-order valence-corrected chi connectivity index (χ4v) is 3.46. The van der Waals surface area contributed by atoms with E-state index in [1.807, 2.05) is 13.0 Å². The molecule has 102 valence electrons. The highest BCUT2D eigenvalue weighted by molar-refractivity contribution is 7.99. The molecule has 19 heavy (non-hydrogen) atoms. The third-order valence-electron chi connectivity index (χ3n) is 3.02. The number of pyridine rings is 1. The third kappa shape index (κ3) is 4.25. The van der Waals surface area contributed by atoms with Crippen LogP contribution in [0.1, 0.15) is 24.8 Å². The summed E-state index contributed by atoms with van der Waals surface area (Å²) in [6.45, 7) is 1.95. The average molecular weight is 298 g/mol. The number of thioether (sulfide) groups is 1. The van der Waals surface area contributed by atoms with Crippen LogP contribution in [0.15, 0.2) is 29.1 Å². The van der Waals surface area contributed by atoms with E-state index in [9.17, 15) is 9.90 Å². The number of rotatable bonds is 4. The number of aliphatic hydroxyl groups excluding tert-OH is 1. The Bertz CT molecular complexity index is 516. The van der Waals surface area contributed by atoms with Crippen molar-refractivity contribution in [3.8, 4) is 0 Å². The Morgan fingerprint density at radius 1 is 1.53 bits per heavy atom. The molecule has 1 atom stereocenters. The molecule has 1 unspecified atom stereocenters. The molecule has 1 aromatic rings. The minimum absolute atomic E-state index is 0.0187. The summed E-state index contributed by atoms with van der Waals surface area (Å²) in [5.74, 6) is 1.30. The van der Waals surface area contributed by atoms with E-state index in [-0.39, 0.29) is 17.5 Å². The Morgan fingerprint density at radius 2 is 2.32 bits per heavy atom. The highest BCUT2D eigenvalue weighted by Gasteiger charge is 2.20. The number of ketones is 1. The Hall–Kier alpha value is -1.00. The monoisotopic (exact) mass is 297 g/mol. The van der Waals surface area contributed by atoms with Crippen LogP contribution in [0.25, 0.3) is 0 Å². The van der Waals surface area contributed by atoms with Crippen LogP contribution < -0.4 is 0 Å². The topological polar surface area (TPSA) is 50.2 Å². The standard InChI is InChI=1S/C14H16ClNO2S/c1-9-4-13(15)14(16-8-9)19-3-2-10-5-11(17)7-12(18)6-10/h4,7-8,10,17H,2-3,5-6H2,1H3. The first-order valence-corrected chi connectivity index (χ1v) is 7.58. The number of carbonyl (C=O) groups is 1. The van der Waals surface area contributed by atoms with E-state index in [0.717, 1.165) is 22.8 Å². The van der Waals surface area contributed by atoms with Crippen molar-refractivity contribution in [1.29, 1.82) is 0 Å². The predicted molar refractivity (Wildman–Crippen MR) is 77.8 cm³/mol. The highest BCUT2D eigenvalue weighted by atomic mass is 35.5. The zero-order valence-electron chi connectivity index (χ0n) is 10.7. The third-order valence-corrected chi connectivity index (χ3v) is 4.46. The first-order valence-electron chi connectivity index (χ1n) is 6.22. The van der Waals surface area contributed by atoms with Gasteiger partial charge in [0.2, 0.25) is 0 Å². The summed E-state index contributed by atoms with van der Waals surface area (Å²) in [5, 5.41) is 10.9. The second-order valence-corrected chi connectivity index (χ2v) is 6.30. The molecule has 0 bridgehead atoms. The molecule has 0 fully saturated rings. The first kappa shape index (κ1) is 14.4. The van der Waals surface area contributed by atoms with Crippen molar-refractivity contribution < 1.29 is 9.90 Å². The zero-order chi connectivity index (χ0) is 13.8. The summed E-state index contributed by atoms with van der Waals surface area (Å²) in [4.78, 5) is 15.6. The van der Waals surface area contributed by atoms with Crippen LogP contribution in [-0.2, 0) is 4.79 Å². The molecule has 0 amide bonds. The lowest BCUT2D eigenvalue weighted by molar-refractivity contribution is -0.116. The van der Waals surface area contributed by atoms with Crippen LogP contribution in [0.5, 0.6) is 0 Å². The number of halogens is 1. The molecular weight excluding hydrogens is 282 g/mol. The maximum absolute atomic E-state index is 11.3. The summed E-state index contributed by atoms with van der Waals surface area (Å²) in [6, 6.07) is 1.90. The summed E-state index contributed by atoms with van der Waals surface area (Å²) < 4.78 is 0. The van der Waals surface area contributed by atoms with Crippen molar-refractivity contribution in [3.63, 3.8) is 0 Å². The number of hydrogen-bond donors (Lipinski definition) is 1. The number of aliphatic hydroxyl groups is 1. The molecule has 1 aromatic heterocycles. The lowest BCUT2D eigenvalue weighted by Gasteiger charge is -2.18. The lowest BCUT2D eigenvalue weighted by atomic mass is 9.90. The second-order valence-electron chi connectivity index (χ2n) is 4.81. The lowest BCUT2D eigenvalue weighted by Crippen LogP contribution is -2.14. The molecule has 3 nitrogen and oxygen atoms in total. The number of nitrogens with zero attached hydrogens (tertiary/aromatic N) is 1. The molecule has 0 aromatic carbocycles. The Morgan fingerprint density at radius 3 is 3.00 bits per heavy atom. The van der Waals surface area contributed by atoms with E-state index >= 15 is 0 Å². The molecule has 1 N–H and O–H groups in total. The van der Waals surface area contributed by atoms with Gasteiger partial charge in [-0.1, -0.05) is 11.6 Å². The normalized spacial score (nSPS) is 19.4. The molecule has 0 saturated carbocycles. The number of carbonyl (C=O) groups excluding carboxylic acids is 1. The van der Waals surface area contributed by atoms with Crippen molar-refractivity contribution in [3.05, 3.63) is 34.7 Å². The van der Waals surface area contributed by atoms with Gasteiger partial charge in [0, 0.05) is 25.1 Å². The average Bonchev–Trinajstić information content (AvgIpc) is 2.30. The molecule has 1 aliphatic rings. The summed E-state index contributed by atoms with van der Waals surface area (Å²) in [6.07, 6.45) is 5.14. The number of aryl methyl sites for hydroxylation is 1. The van der Waals surface area contributed by atoms with Gasteiger partial charge < -0.3 is 5.11 Å². The van der Waals surface area contributed by atoms with Crippen molar-refractivity contribution in [2.75, 3.05) is 5.75 Å². The molecular formula is C14H16ClNO2S.